The zero-order chi connectivity index (χ0) is 13.1. The van der Waals surface area contributed by atoms with Crippen molar-refractivity contribution in [1.82, 2.24) is 14.3 Å². The average Bonchev–Trinajstić information content (AvgIpc) is 2.61. The lowest BCUT2D eigenvalue weighted by Gasteiger charge is -2.09. The zero-order valence-corrected chi connectivity index (χ0v) is 11.2. The number of hydrogen-bond donors (Lipinski definition) is 2. The molecule has 0 spiro atoms. The van der Waals surface area contributed by atoms with Gasteiger partial charge in [-0.15, -0.1) is 0 Å². The molecule has 0 saturated heterocycles. The molecule has 1 aromatic rings. The first-order chi connectivity index (χ1) is 7.90. The van der Waals surface area contributed by atoms with Crippen LogP contribution < -0.4 is 4.72 Å². The van der Waals surface area contributed by atoms with E-state index in [-0.39, 0.29) is 11.6 Å². The lowest BCUT2D eigenvalue weighted by Crippen LogP contribution is -2.35. The monoisotopic (exact) mass is 261 g/mol. The highest BCUT2D eigenvalue weighted by Gasteiger charge is 2.20. The molecular weight excluding hydrogens is 242 g/mol. The van der Waals surface area contributed by atoms with E-state index in [0.717, 1.165) is 13.0 Å². The number of aryl methyl sites for hydroxylation is 2. The van der Waals surface area contributed by atoms with Gasteiger partial charge >= 0.3 is 0 Å². The van der Waals surface area contributed by atoms with E-state index in [1.807, 2.05) is 6.92 Å². The third-order valence-corrected chi connectivity index (χ3v) is 3.78. The Balaban J connectivity index is 2.95. The standard InChI is InChI=1S/C10H19N3O3S/c1-4-5-13-6-10(11-9(13)3)17(15,16)12-8(2)7-14/h6,8,12,14H,4-5,7H2,1-3H3/t8-/m0/s1. The highest BCUT2D eigenvalue weighted by molar-refractivity contribution is 7.89. The summed E-state index contributed by atoms with van der Waals surface area (Å²) in [5.41, 5.74) is 0. The lowest BCUT2D eigenvalue weighted by molar-refractivity contribution is 0.265. The number of nitrogens with one attached hydrogen (secondary N) is 1. The summed E-state index contributed by atoms with van der Waals surface area (Å²) in [4.78, 5) is 4.02. The van der Waals surface area contributed by atoms with Crippen molar-refractivity contribution in [1.29, 1.82) is 0 Å². The van der Waals surface area contributed by atoms with Crippen LogP contribution in [0.25, 0.3) is 0 Å². The van der Waals surface area contributed by atoms with Crippen molar-refractivity contribution < 1.29 is 13.5 Å². The van der Waals surface area contributed by atoms with E-state index in [4.69, 9.17) is 5.11 Å². The average molecular weight is 261 g/mol. The summed E-state index contributed by atoms with van der Waals surface area (Å²) in [5.74, 6) is 0.670. The Kier molecular flexibility index (Phi) is 4.67. The molecule has 0 amide bonds. The number of sulfonamides is 1. The molecule has 0 aromatic carbocycles. The fourth-order valence-electron chi connectivity index (χ4n) is 1.44. The molecule has 0 saturated carbocycles. The van der Waals surface area contributed by atoms with E-state index in [2.05, 4.69) is 9.71 Å². The van der Waals surface area contributed by atoms with Crippen LogP contribution in [0.2, 0.25) is 0 Å². The molecule has 98 valence electrons. The molecule has 0 bridgehead atoms. The van der Waals surface area contributed by atoms with Gasteiger partial charge in [-0.1, -0.05) is 6.92 Å². The molecule has 0 aliphatic heterocycles. The van der Waals surface area contributed by atoms with Crippen LogP contribution in [0.5, 0.6) is 0 Å². The van der Waals surface area contributed by atoms with Gasteiger partial charge in [0, 0.05) is 18.8 Å². The van der Waals surface area contributed by atoms with Gasteiger partial charge in [0.05, 0.1) is 6.61 Å². The number of imidazole rings is 1. The summed E-state index contributed by atoms with van der Waals surface area (Å²) in [7, 11) is -3.63. The molecule has 7 heteroatoms. The molecule has 17 heavy (non-hydrogen) atoms. The van der Waals surface area contributed by atoms with Crippen molar-refractivity contribution in [2.45, 2.75) is 44.8 Å². The quantitative estimate of drug-likeness (QED) is 0.769. The van der Waals surface area contributed by atoms with Crippen molar-refractivity contribution in [3.63, 3.8) is 0 Å². The van der Waals surface area contributed by atoms with E-state index in [1.165, 1.54) is 6.20 Å². The summed E-state index contributed by atoms with van der Waals surface area (Å²) < 4.78 is 27.9. The van der Waals surface area contributed by atoms with Crippen molar-refractivity contribution in [3.8, 4) is 0 Å². The largest absolute Gasteiger partial charge is 0.395 e. The SMILES string of the molecule is CCCn1cc(S(=O)(=O)N[C@@H](C)CO)nc1C. The maximum Gasteiger partial charge on any atom is 0.259 e. The van der Waals surface area contributed by atoms with Crippen LogP contribution >= 0.6 is 0 Å². The van der Waals surface area contributed by atoms with E-state index >= 15 is 0 Å². The summed E-state index contributed by atoms with van der Waals surface area (Å²) in [6, 6.07) is -0.517. The highest BCUT2D eigenvalue weighted by atomic mass is 32.2. The first-order valence-corrected chi connectivity index (χ1v) is 7.06. The van der Waals surface area contributed by atoms with E-state index < -0.39 is 16.1 Å². The first kappa shape index (κ1) is 14.1. The predicted octanol–water partition coefficient (Wildman–Crippen LogP) is 0.261. The fourth-order valence-corrected chi connectivity index (χ4v) is 2.68. The van der Waals surface area contributed by atoms with Crippen molar-refractivity contribution in [3.05, 3.63) is 12.0 Å². The van der Waals surface area contributed by atoms with Gasteiger partial charge in [0.2, 0.25) is 0 Å². The van der Waals surface area contributed by atoms with Crippen molar-refractivity contribution in [2.75, 3.05) is 6.61 Å². The molecular formula is C10H19N3O3S. The van der Waals surface area contributed by atoms with Gasteiger partial charge in [-0.3, -0.25) is 0 Å². The Morgan fingerprint density at radius 2 is 2.24 bits per heavy atom. The second-order valence-corrected chi connectivity index (χ2v) is 5.69. The van der Waals surface area contributed by atoms with Crippen molar-refractivity contribution >= 4 is 10.0 Å². The van der Waals surface area contributed by atoms with Gasteiger partial charge in [0.1, 0.15) is 5.82 Å². The number of hydrogen-bond acceptors (Lipinski definition) is 4. The van der Waals surface area contributed by atoms with Gasteiger partial charge < -0.3 is 9.67 Å². The van der Waals surface area contributed by atoms with Gasteiger partial charge in [0.15, 0.2) is 5.03 Å². The maximum atomic E-state index is 11.9. The van der Waals surface area contributed by atoms with E-state index in [0.29, 0.717) is 5.82 Å². The number of aliphatic hydroxyl groups excluding tert-OH is 1. The van der Waals surface area contributed by atoms with Crippen LogP contribution in [0.1, 0.15) is 26.1 Å². The zero-order valence-electron chi connectivity index (χ0n) is 10.3. The minimum absolute atomic E-state index is 0.00347. The second kappa shape index (κ2) is 5.61. The third-order valence-electron chi connectivity index (χ3n) is 2.32. The van der Waals surface area contributed by atoms with Crippen LogP contribution in [-0.4, -0.2) is 35.7 Å². The van der Waals surface area contributed by atoms with E-state index in [9.17, 15) is 8.42 Å². The molecule has 0 fully saturated rings. The van der Waals surface area contributed by atoms with Gasteiger partial charge in [-0.05, 0) is 20.3 Å². The molecule has 1 aromatic heterocycles. The summed E-state index contributed by atoms with van der Waals surface area (Å²) in [6.07, 6.45) is 2.43. The number of aromatic nitrogens is 2. The normalized spacial score (nSPS) is 13.9. The second-order valence-electron chi connectivity index (χ2n) is 4.02. The van der Waals surface area contributed by atoms with Crippen molar-refractivity contribution in [2.24, 2.45) is 0 Å². The summed E-state index contributed by atoms with van der Waals surface area (Å²) in [6.45, 7) is 5.87. The molecule has 6 nitrogen and oxygen atoms in total. The summed E-state index contributed by atoms with van der Waals surface area (Å²) >= 11 is 0. The van der Waals surface area contributed by atoms with Gasteiger partial charge in [-0.25, -0.2) is 18.1 Å². The van der Waals surface area contributed by atoms with E-state index in [1.54, 1.807) is 18.4 Å². The molecule has 0 aliphatic rings. The van der Waals surface area contributed by atoms with Crippen LogP contribution in [0, 0.1) is 6.92 Å². The smallest absolute Gasteiger partial charge is 0.259 e. The van der Waals surface area contributed by atoms with Gasteiger partial charge in [-0.2, -0.15) is 0 Å². The fraction of sp³-hybridized carbons (Fsp3) is 0.700. The Bertz CT molecular complexity index is 467. The van der Waals surface area contributed by atoms with Crippen LogP contribution in [-0.2, 0) is 16.6 Å². The minimum atomic E-state index is -3.63. The molecule has 0 unspecified atom stereocenters. The van der Waals surface area contributed by atoms with Crippen LogP contribution in [0.15, 0.2) is 11.2 Å². The van der Waals surface area contributed by atoms with Gasteiger partial charge in [0.25, 0.3) is 10.0 Å². The Morgan fingerprint density at radius 3 is 2.76 bits per heavy atom. The maximum absolute atomic E-state index is 11.9. The molecule has 1 atom stereocenters. The topological polar surface area (TPSA) is 84.2 Å². The molecule has 1 heterocycles. The predicted molar refractivity (Wildman–Crippen MR) is 64.1 cm³/mol. The van der Waals surface area contributed by atoms with Crippen LogP contribution in [0.3, 0.4) is 0 Å². The Hall–Kier alpha value is -0.920. The van der Waals surface area contributed by atoms with Crippen LogP contribution in [0.4, 0.5) is 0 Å². The number of aliphatic hydroxyl groups is 1. The summed E-state index contributed by atoms with van der Waals surface area (Å²) in [5, 5.41) is 8.84. The first-order valence-electron chi connectivity index (χ1n) is 5.57. The molecule has 0 aliphatic carbocycles. The highest BCUT2D eigenvalue weighted by Crippen LogP contribution is 2.10. The molecule has 0 radical (unpaired) electrons. The Morgan fingerprint density at radius 1 is 1.59 bits per heavy atom. The minimum Gasteiger partial charge on any atom is -0.395 e. The lowest BCUT2D eigenvalue weighted by atomic mass is 10.4. The number of rotatable bonds is 6. The number of nitrogens with zero attached hydrogens (tertiary/aromatic N) is 2. The Labute approximate surface area is 102 Å². The molecule has 2 N–H and O–H groups in total. The molecule has 1 rings (SSSR count). The third kappa shape index (κ3) is 3.52.